The van der Waals surface area contributed by atoms with Crippen molar-refractivity contribution in [1.29, 1.82) is 0 Å². The summed E-state index contributed by atoms with van der Waals surface area (Å²) in [6.07, 6.45) is 4.02. The summed E-state index contributed by atoms with van der Waals surface area (Å²) in [4.78, 5) is 25.9. The van der Waals surface area contributed by atoms with Gasteiger partial charge in [-0.1, -0.05) is 37.1 Å². The first-order chi connectivity index (χ1) is 12.5. The molecule has 27 heavy (non-hydrogen) atoms. The van der Waals surface area contributed by atoms with Crippen molar-refractivity contribution < 1.29 is 24.5 Å². The average molecular weight is 376 g/mol. The highest BCUT2D eigenvalue weighted by molar-refractivity contribution is 6.25. The maximum atomic E-state index is 13.2. The zero-order valence-electron chi connectivity index (χ0n) is 17.5. The van der Waals surface area contributed by atoms with Crippen LogP contribution in [0.5, 0.6) is 0 Å². The summed E-state index contributed by atoms with van der Waals surface area (Å²) in [6, 6.07) is 0. The Hall–Kier alpha value is -2.14. The Kier molecular flexibility index (Phi) is 7.78. The van der Waals surface area contributed by atoms with Gasteiger partial charge in [0.1, 0.15) is 17.1 Å². The molecule has 0 fully saturated rings. The molecule has 1 aliphatic carbocycles. The molecule has 1 rings (SSSR count). The van der Waals surface area contributed by atoms with Crippen molar-refractivity contribution in [1.82, 2.24) is 0 Å². The minimum Gasteiger partial charge on any atom is -0.508 e. The number of hydrogen-bond acceptors (Lipinski definition) is 5. The van der Waals surface area contributed by atoms with Crippen molar-refractivity contribution in [3.05, 3.63) is 46.0 Å². The predicted octanol–water partition coefficient (Wildman–Crippen LogP) is 4.91. The van der Waals surface area contributed by atoms with E-state index in [1.54, 1.807) is 6.08 Å². The van der Waals surface area contributed by atoms with Gasteiger partial charge in [0.05, 0.1) is 0 Å². The van der Waals surface area contributed by atoms with Crippen molar-refractivity contribution in [2.75, 3.05) is 7.11 Å². The Balaban J connectivity index is 3.67. The van der Waals surface area contributed by atoms with E-state index < -0.39 is 22.9 Å². The topological polar surface area (TPSA) is 83.8 Å². The average Bonchev–Trinajstić information content (AvgIpc) is 2.54. The van der Waals surface area contributed by atoms with Gasteiger partial charge in [-0.15, -0.1) is 0 Å². The number of allylic oxidation sites excluding steroid dienone is 4. The molecule has 0 bridgehead atoms. The molecule has 0 spiro atoms. The van der Waals surface area contributed by atoms with Gasteiger partial charge in [-0.05, 0) is 40.0 Å². The van der Waals surface area contributed by atoms with Crippen LogP contribution in [0.15, 0.2) is 46.0 Å². The van der Waals surface area contributed by atoms with Crippen molar-refractivity contribution >= 4 is 11.6 Å². The van der Waals surface area contributed by atoms with Gasteiger partial charge in [-0.2, -0.15) is 0 Å². The summed E-state index contributed by atoms with van der Waals surface area (Å²) in [6.45, 7) is 11.3. The van der Waals surface area contributed by atoms with Crippen molar-refractivity contribution in [3.63, 3.8) is 0 Å². The molecule has 1 atom stereocenters. The van der Waals surface area contributed by atoms with Gasteiger partial charge in [-0.25, -0.2) is 0 Å². The first-order valence-corrected chi connectivity index (χ1v) is 9.24. The Morgan fingerprint density at radius 2 is 1.67 bits per heavy atom. The van der Waals surface area contributed by atoms with Crippen LogP contribution in [0.1, 0.15) is 60.8 Å². The quantitative estimate of drug-likeness (QED) is 0.465. The molecule has 2 N–H and O–H groups in total. The second-order valence-electron chi connectivity index (χ2n) is 7.90. The molecule has 1 unspecified atom stereocenters. The first kappa shape index (κ1) is 22.9. The van der Waals surface area contributed by atoms with Crippen LogP contribution in [-0.2, 0) is 14.3 Å². The summed E-state index contributed by atoms with van der Waals surface area (Å²) < 4.78 is 5.50. The van der Waals surface area contributed by atoms with E-state index in [0.717, 1.165) is 11.1 Å². The number of hydrogen-bond donors (Lipinski definition) is 2. The third-order valence-electron chi connectivity index (χ3n) is 4.52. The normalized spacial score (nSPS) is 20.2. The van der Waals surface area contributed by atoms with Gasteiger partial charge in [0, 0.05) is 25.5 Å². The fourth-order valence-corrected chi connectivity index (χ4v) is 2.96. The van der Waals surface area contributed by atoms with E-state index in [2.05, 4.69) is 0 Å². The molecule has 0 saturated carbocycles. The molecule has 0 aromatic rings. The highest BCUT2D eigenvalue weighted by Crippen LogP contribution is 2.40. The molecule has 0 aromatic carbocycles. The Labute approximate surface area is 162 Å². The minimum atomic E-state index is -1.70. The molecule has 0 heterocycles. The van der Waals surface area contributed by atoms with Crippen LogP contribution in [0.4, 0.5) is 0 Å². The Bertz CT molecular complexity index is 726. The zero-order chi connectivity index (χ0) is 20.9. The molecule has 0 aromatic heterocycles. The van der Waals surface area contributed by atoms with Crippen molar-refractivity contribution in [2.45, 2.75) is 66.4 Å². The lowest BCUT2D eigenvalue weighted by Gasteiger charge is -2.35. The van der Waals surface area contributed by atoms with Gasteiger partial charge in [-0.3, -0.25) is 9.59 Å². The van der Waals surface area contributed by atoms with E-state index in [4.69, 9.17) is 4.74 Å². The van der Waals surface area contributed by atoms with Crippen LogP contribution < -0.4 is 0 Å². The maximum Gasteiger partial charge on any atom is 0.210 e. The van der Waals surface area contributed by atoms with Crippen LogP contribution in [0.2, 0.25) is 0 Å². The Morgan fingerprint density at radius 1 is 1.11 bits per heavy atom. The van der Waals surface area contributed by atoms with Crippen LogP contribution in [-0.4, -0.2) is 34.5 Å². The third-order valence-corrected chi connectivity index (χ3v) is 4.52. The highest BCUT2D eigenvalue weighted by Gasteiger charge is 2.51. The molecule has 5 heteroatoms. The van der Waals surface area contributed by atoms with Crippen molar-refractivity contribution in [3.8, 4) is 0 Å². The smallest absolute Gasteiger partial charge is 0.210 e. The number of ether oxygens (including phenoxy) is 1. The largest absolute Gasteiger partial charge is 0.508 e. The molecular formula is C22H32O5. The molecule has 150 valence electrons. The number of carbonyl (C=O) groups is 2. The summed E-state index contributed by atoms with van der Waals surface area (Å²) in [5, 5.41) is 21.6. The lowest BCUT2D eigenvalue weighted by molar-refractivity contribution is -0.138. The van der Waals surface area contributed by atoms with Crippen LogP contribution in [0.3, 0.4) is 0 Å². The fourth-order valence-electron chi connectivity index (χ4n) is 2.96. The van der Waals surface area contributed by atoms with E-state index >= 15 is 0 Å². The number of rotatable bonds is 8. The SMILES string of the molecule is COC1(CC=C(C)C)C(=O)C(C(=O)CC(C)C)=C(O)C(CC=C(C)C)=C1O. The van der Waals surface area contributed by atoms with Crippen LogP contribution in [0.25, 0.3) is 0 Å². The fraction of sp³-hybridized carbons (Fsp3) is 0.545. The molecular weight excluding hydrogens is 344 g/mol. The zero-order valence-corrected chi connectivity index (χ0v) is 17.5. The third kappa shape index (κ3) is 4.98. The van der Waals surface area contributed by atoms with E-state index in [1.165, 1.54) is 7.11 Å². The summed E-state index contributed by atoms with van der Waals surface area (Å²) >= 11 is 0. The van der Waals surface area contributed by atoms with Gasteiger partial charge in [0.15, 0.2) is 11.4 Å². The molecule has 0 aliphatic heterocycles. The van der Waals surface area contributed by atoms with Crippen LogP contribution in [0, 0.1) is 5.92 Å². The standard InChI is InChI=1S/C22H32O5/c1-13(2)8-9-16-19(24)18(17(23)12-15(5)6)21(26)22(27-7,20(16)25)11-10-14(3)4/h8,10,15,24-25H,9,11-12H2,1-7H3. The van der Waals surface area contributed by atoms with Gasteiger partial charge in [0.25, 0.3) is 0 Å². The second kappa shape index (κ2) is 9.18. The van der Waals surface area contributed by atoms with Crippen molar-refractivity contribution in [2.24, 2.45) is 5.92 Å². The monoisotopic (exact) mass is 376 g/mol. The predicted molar refractivity (Wildman–Crippen MR) is 107 cm³/mol. The van der Waals surface area contributed by atoms with E-state index in [9.17, 15) is 19.8 Å². The van der Waals surface area contributed by atoms with Gasteiger partial charge < -0.3 is 14.9 Å². The summed E-state index contributed by atoms with van der Waals surface area (Å²) in [5.41, 5.74) is 0.125. The first-order valence-electron chi connectivity index (χ1n) is 9.24. The Morgan fingerprint density at radius 3 is 2.11 bits per heavy atom. The lowest BCUT2D eigenvalue weighted by Crippen LogP contribution is -2.48. The molecule has 0 saturated heterocycles. The summed E-state index contributed by atoms with van der Waals surface area (Å²) in [5.74, 6) is -1.87. The van der Waals surface area contributed by atoms with Gasteiger partial charge >= 0.3 is 0 Å². The molecule has 5 nitrogen and oxygen atoms in total. The number of carbonyl (C=O) groups excluding carboxylic acids is 2. The highest BCUT2D eigenvalue weighted by atomic mass is 16.5. The number of ketones is 2. The van der Waals surface area contributed by atoms with E-state index in [-0.39, 0.29) is 42.1 Å². The lowest BCUT2D eigenvalue weighted by atomic mass is 9.76. The van der Waals surface area contributed by atoms with E-state index in [0.29, 0.717) is 0 Å². The summed E-state index contributed by atoms with van der Waals surface area (Å²) in [7, 11) is 1.33. The van der Waals surface area contributed by atoms with E-state index in [1.807, 2.05) is 47.6 Å². The number of methoxy groups -OCH3 is 1. The minimum absolute atomic E-state index is 0.0288. The number of Topliss-reactive ketones (excluding diaryl/α,β-unsaturated/α-hetero) is 2. The number of aliphatic hydroxyl groups is 2. The second-order valence-corrected chi connectivity index (χ2v) is 7.90. The molecule has 0 radical (unpaired) electrons. The maximum absolute atomic E-state index is 13.2. The van der Waals surface area contributed by atoms with Crippen LogP contribution >= 0.6 is 0 Å². The van der Waals surface area contributed by atoms with Gasteiger partial charge in [0.2, 0.25) is 5.78 Å². The number of aliphatic hydroxyl groups excluding tert-OH is 2. The molecule has 1 aliphatic rings. The molecule has 0 amide bonds.